The van der Waals surface area contributed by atoms with Gasteiger partial charge in [-0.2, -0.15) is 0 Å². The first-order valence-electron chi connectivity index (χ1n) is 7.11. The summed E-state index contributed by atoms with van der Waals surface area (Å²) >= 11 is 0. The summed E-state index contributed by atoms with van der Waals surface area (Å²) in [5, 5.41) is 3.69. The van der Waals surface area contributed by atoms with Gasteiger partial charge < -0.3 is 5.32 Å². The summed E-state index contributed by atoms with van der Waals surface area (Å²) in [6, 6.07) is 11.2. The first-order chi connectivity index (χ1) is 9.09. The Kier molecular flexibility index (Phi) is 4.29. The van der Waals surface area contributed by atoms with Crippen LogP contribution in [0.2, 0.25) is 0 Å². The van der Waals surface area contributed by atoms with Crippen molar-refractivity contribution >= 4 is 0 Å². The smallest absolute Gasteiger partial charge is 0.0689 e. The minimum Gasteiger partial charge on any atom is -0.308 e. The van der Waals surface area contributed by atoms with Crippen LogP contribution in [0.4, 0.5) is 0 Å². The lowest BCUT2D eigenvalue weighted by Gasteiger charge is -2.47. The molecule has 0 aromatic heterocycles. The van der Waals surface area contributed by atoms with E-state index in [0.29, 0.717) is 6.04 Å². The molecule has 2 nitrogen and oxygen atoms in total. The van der Waals surface area contributed by atoms with Gasteiger partial charge in [0.25, 0.3) is 0 Å². The van der Waals surface area contributed by atoms with E-state index in [2.05, 4.69) is 67.2 Å². The quantitative estimate of drug-likeness (QED) is 0.837. The number of hydrogen-bond acceptors (Lipinski definition) is 2. The van der Waals surface area contributed by atoms with Crippen molar-refractivity contribution in [2.45, 2.75) is 44.8 Å². The molecule has 0 bridgehead atoms. The van der Waals surface area contributed by atoms with Crippen molar-refractivity contribution in [2.24, 2.45) is 0 Å². The molecule has 0 spiro atoms. The number of piperazine rings is 1. The fraction of sp³-hybridized carbons (Fsp3) is 0.529. The van der Waals surface area contributed by atoms with Crippen LogP contribution in [0, 0.1) is 12.3 Å². The number of nitrogens with zero attached hydrogens (tertiary/aromatic N) is 1. The van der Waals surface area contributed by atoms with E-state index >= 15 is 0 Å². The van der Waals surface area contributed by atoms with E-state index in [0.717, 1.165) is 19.5 Å². The molecule has 1 N–H and O–H groups in total. The Morgan fingerprint density at radius 3 is 2.74 bits per heavy atom. The third kappa shape index (κ3) is 3.00. The maximum Gasteiger partial charge on any atom is 0.0689 e. The monoisotopic (exact) mass is 256 g/mol. The second kappa shape index (κ2) is 5.77. The second-order valence-corrected chi connectivity index (χ2v) is 5.74. The highest BCUT2D eigenvalue weighted by molar-refractivity contribution is 5.22. The highest BCUT2D eigenvalue weighted by Crippen LogP contribution is 2.30. The molecule has 1 fully saturated rings. The van der Waals surface area contributed by atoms with Crippen molar-refractivity contribution in [3.63, 3.8) is 0 Å². The minimum absolute atomic E-state index is 0.163. The fourth-order valence-corrected chi connectivity index (χ4v) is 2.75. The predicted octanol–water partition coefficient (Wildman–Crippen LogP) is 2.82. The van der Waals surface area contributed by atoms with E-state index in [9.17, 15) is 0 Å². The lowest BCUT2D eigenvalue weighted by Crippen LogP contribution is -2.61. The maximum atomic E-state index is 5.66. The highest BCUT2D eigenvalue weighted by Gasteiger charge is 2.36. The zero-order valence-electron chi connectivity index (χ0n) is 12.2. The number of rotatable bonds is 3. The molecule has 102 valence electrons. The van der Waals surface area contributed by atoms with E-state index in [1.165, 1.54) is 5.56 Å². The second-order valence-electron chi connectivity index (χ2n) is 5.74. The van der Waals surface area contributed by atoms with Gasteiger partial charge in [0, 0.05) is 24.7 Å². The Labute approximate surface area is 117 Å². The maximum absolute atomic E-state index is 5.66. The van der Waals surface area contributed by atoms with Gasteiger partial charge in [0.1, 0.15) is 0 Å². The Bertz CT molecular complexity index is 448. The van der Waals surface area contributed by atoms with Gasteiger partial charge in [0.2, 0.25) is 0 Å². The summed E-state index contributed by atoms with van der Waals surface area (Å²) < 4.78 is 0. The third-order valence-corrected chi connectivity index (χ3v) is 4.36. The van der Waals surface area contributed by atoms with E-state index < -0.39 is 0 Å². The van der Waals surface area contributed by atoms with Gasteiger partial charge >= 0.3 is 0 Å². The van der Waals surface area contributed by atoms with Crippen LogP contribution < -0.4 is 5.32 Å². The highest BCUT2D eigenvalue weighted by atomic mass is 15.3. The molecule has 2 rings (SSSR count). The molecule has 2 heteroatoms. The normalized spacial score (nSPS) is 29.7. The molecule has 3 atom stereocenters. The minimum atomic E-state index is 0.163. The molecular weight excluding hydrogens is 232 g/mol. The summed E-state index contributed by atoms with van der Waals surface area (Å²) in [5.41, 5.74) is 1.51. The molecule has 1 heterocycles. The lowest BCUT2D eigenvalue weighted by molar-refractivity contribution is 0.0695. The Hall–Kier alpha value is -1.30. The number of hydrogen-bond donors (Lipinski definition) is 1. The largest absolute Gasteiger partial charge is 0.308 e. The van der Waals surface area contributed by atoms with Gasteiger partial charge in [-0.25, -0.2) is 0 Å². The van der Waals surface area contributed by atoms with Crippen LogP contribution in [-0.4, -0.2) is 29.6 Å². The van der Waals surface area contributed by atoms with Gasteiger partial charge in [-0.1, -0.05) is 43.2 Å². The molecule has 1 saturated heterocycles. The Balaban J connectivity index is 2.26. The lowest BCUT2D eigenvalue weighted by atomic mass is 9.90. The summed E-state index contributed by atoms with van der Waals surface area (Å²) in [5.74, 6) is 2.89. The first-order valence-corrected chi connectivity index (χ1v) is 7.11. The molecule has 19 heavy (non-hydrogen) atoms. The van der Waals surface area contributed by atoms with Gasteiger partial charge in [-0.3, -0.25) is 4.90 Å². The van der Waals surface area contributed by atoms with Crippen molar-refractivity contribution in [1.29, 1.82) is 0 Å². The van der Waals surface area contributed by atoms with Crippen LogP contribution in [0.25, 0.3) is 0 Å². The molecule has 0 aliphatic carbocycles. The SMILES string of the molecule is C#CC(C)N1CC(C)(CC)NCC1c1ccccc1. The van der Waals surface area contributed by atoms with Crippen molar-refractivity contribution in [3.05, 3.63) is 35.9 Å². The summed E-state index contributed by atoms with van der Waals surface area (Å²) in [7, 11) is 0. The molecule has 0 amide bonds. The molecule has 1 aromatic rings. The molecule has 3 unspecified atom stereocenters. The van der Waals surface area contributed by atoms with E-state index in [4.69, 9.17) is 6.42 Å². The zero-order chi connectivity index (χ0) is 13.9. The third-order valence-electron chi connectivity index (χ3n) is 4.36. The van der Waals surface area contributed by atoms with Crippen LogP contribution in [0.1, 0.15) is 38.8 Å². The van der Waals surface area contributed by atoms with Crippen LogP contribution in [0.15, 0.2) is 30.3 Å². The summed E-state index contributed by atoms with van der Waals surface area (Å²) in [4.78, 5) is 2.45. The van der Waals surface area contributed by atoms with Gasteiger partial charge in [0.15, 0.2) is 0 Å². The van der Waals surface area contributed by atoms with Crippen LogP contribution >= 0.6 is 0 Å². The molecule has 0 saturated carbocycles. The average molecular weight is 256 g/mol. The Morgan fingerprint density at radius 2 is 2.16 bits per heavy atom. The van der Waals surface area contributed by atoms with E-state index in [1.807, 2.05) is 0 Å². The zero-order valence-corrected chi connectivity index (χ0v) is 12.2. The van der Waals surface area contributed by atoms with Crippen molar-refractivity contribution < 1.29 is 0 Å². The average Bonchev–Trinajstić information content (AvgIpc) is 2.47. The van der Waals surface area contributed by atoms with E-state index in [1.54, 1.807) is 0 Å². The Morgan fingerprint density at radius 1 is 1.47 bits per heavy atom. The van der Waals surface area contributed by atoms with Gasteiger partial charge in [0.05, 0.1) is 6.04 Å². The molecular formula is C17H24N2. The van der Waals surface area contributed by atoms with Crippen LogP contribution in [0.3, 0.4) is 0 Å². The van der Waals surface area contributed by atoms with Crippen LogP contribution in [-0.2, 0) is 0 Å². The summed E-state index contributed by atoms with van der Waals surface area (Å²) in [6.07, 6.45) is 6.77. The number of benzene rings is 1. The number of terminal acetylenes is 1. The molecule has 0 radical (unpaired) electrons. The standard InChI is InChI=1S/C17H24N2/c1-5-14(3)19-13-17(4,6-2)18-12-16(19)15-10-8-7-9-11-15/h1,7-11,14,16,18H,6,12-13H2,2-4H3. The van der Waals surface area contributed by atoms with Gasteiger partial charge in [-0.15, -0.1) is 6.42 Å². The summed E-state index contributed by atoms with van der Waals surface area (Å²) in [6.45, 7) is 8.59. The number of nitrogens with one attached hydrogen (secondary N) is 1. The van der Waals surface area contributed by atoms with E-state index in [-0.39, 0.29) is 11.6 Å². The first kappa shape index (κ1) is 14.1. The van der Waals surface area contributed by atoms with Gasteiger partial charge in [-0.05, 0) is 25.8 Å². The molecule has 1 aliphatic heterocycles. The van der Waals surface area contributed by atoms with Crippen molar-refractivity contribution in [2.75, 3.05) is 13.1 Å². The fourth-order valence-electron chi connectivity index (χ4n) is 2.75. The van der Waals surface area contributed by atoms with Crippen LogP contribution in [0.5, 0.6) is 0 Å². The molecule has 1 aromatic carbocycles. The topological polar surface area (TPSA) is 15.3 Å². The van der Waals surface area contributed by atoms with Crippen molar-refractivity contribution in [1.82, 2.24) is 10.2 Å². The van der Waals surface area contributed by atoms with Crippen molar-refractivity contribution in [3.8, 4) is 12.3 Å². The predicted molar refractivity (Wildman–Crippen MR) is 80.9 cm³/mol. The molecule has 1 aliphatic rings.